The van der Waals surface area contributed by atoms with E-state index < -0.39 is 28.9 Å². The van der Waals surface area contributed by atoms with Gasteiger partial charge in [-0.25, -0.2) is 13.2 Å². The van der Waals surface area contributed by atoms with Crippen LogP contribution in [0.15, 0.2) is 30.3 Å². The van der Waals surface area contributed by atoms with Gasteiger partial charge in [0.15, 0.2) is 17.5 Å². The largest absolute Gasteiger partial charge is 0.358 e. The van der Waals surface area contributed by atoms with Gasteiger partial charge >= 0.3 is 0 Å². The van der Waals surface area contributed by atoms with Crippen LogP contribution in [0.5, 0.6) is 0 Å². The lowest BCUT2D eigenvalue weighted by atomic mass is 9.91. The maximum Gasteiger partial charge on any atom is 0.254 e. The zero-order valence-electron chi connectivity index (χ0n) is 14.1. The van der Waals surface area contributed by atoms with Gasteiger partial charge in [0.25, 0.3) is 5.91 Å². The van der Waals surface area contributed by atoms with Gasteiger partial charge < -0.3 is 10.3 Å². The molecule has 1 heterocycles. The number of halogens is 3. The molecule has 134 valence electrons. The fraction of sp³-hybridized carbons (Fsp3) is 0.250. The van der Waals surface area contributed by atoms with Gasteiger partial charge in [0, 0.05) is 29.1 Å². The van der Waals surface area contributed by atoms with Crippen molar-refractivity contribution in [1.29, 1.82) is 0 Å². The molecular formula is C20H17F3N2O. The number of fused-ring (bicyclic) bond motifs is 3. The highest BCUT2D eigenvalue weighted by Gasteiger charge is 2.26. The standard InChI is InChI=1S/C20H17F3N2O/c1-10-2-7-16-14(8-10)12-4-3-11(9-17(12)25-16)24-20(26)13-5-6-15(21)19(23)18(13)22/h2,5-8,11,25H,3-4,9H2,1H3,(H,24,26). The second-order valence-electron chi connectivity index (χ2n) is 6.77. The molecule has 4 rings (SSSR count). The number of amides is 1. The van der Waals surface area contributed by atoms with Gasteiger partial charge in [0.05, 0.1) is 5.56 Å². The van der Waals surface area contributed by atoms with Crippen LogP contribution in [-0.2, 0) is 12.8 Å². The fourth-order valence-electron chi connectivity index (χ4n) is 3.63. The van der Waals surface area contributed by atoms with Crippen LogP contribution in [0.4, 0.5) is 13.2 Å². The Morgan fingerprint density at radius 3 is 2.77 bits per heavy atom. The highest BCUT2D eigenvalue weighted by molar-refractivity contribution is 5.94. The molecule has 26 heavy (non-hydrogen) atoms. The lowest BCUT2D eigenvalue weighted by Gasteiger charge is -2.23. The van der Waals surface area contributed by atoms with Gasteiger partial charge in [0.2, 0.25) is 0 Å². The van der Waals surface area contributed by atoms with Gasteiger partial charge in [-0.1, -0.05) is 11.6 Å². The molecular weight excluding hydrogens is 341 g/mol. The molecule has 0 aliphatic heterocycles. The average Bonchev–Trinajstić information content (AvgIpc) is 2.96. The Morgan fingerprint density at radius 1 is 1.15 bits per heavy atom. The number of aryl methyl sites for hydroxylation is 2. The topological polar surface area (TPSA) is 44.9 Å². The maximum atomic E-state index is 13.8. The van der Waals surface area contributed by atoms with Crippen LogP contribution in [0.2, 0.25) is 0 Å². The number of H-pyrrole nitrogens is 1. The SMILES string of the molecule is Cc1ccc2[nH]c3c(c2c1)CCC(NC(=O)c1ccc(F)c(F)c1F)C3. The minimum Gasteiger partial charge on any atom is -0.358 e. The smallest absolute Gasteiger partial charge is 0.254 e. The summed E-state index contributed by atoms with van der Waals surface area (Å²) in [5, 5.41) is 3.92. The molecule has 0 saturated carbocycles. The van der Waals surface area contributed by atoms with E-state index in [2.05, 4.69) is 16.4 Å². The number of aromatic nitrogens is 1. The Morgan fingerprint density at radius 2 is 1.96 bits per heavy atom. The van der Waals surface area contributed by atoms with Crippen LogP contribution >= 0.6 is 0 Å². The average molecular weight is 358 g/mol. The molecule has 1 unspecified atom stereocenters. The first-order valence-electron chi connectivity index (χ1n) is 8.48. The van der Waals surface area contributed by atoms with Crippen molar-refractivity contribution < 1.29 is 18.0 Å². The Labute approximate surface area is 148 Å². The maximum absolute atomic E-state index is 13.8. The minimum absolute atomic E-state index is 0.198. The van der Waals surface area contributed by atoms with Crippen LogP contribution in [0, 0.1) is 24.4 Å². The van der Waals surface area contributed by atoms with Crippen molar-refractivity contribution in [2.75, 3.05) is 0 Å². The molecule has 6 heteroatoms. The second kappa shape index (κ2) is 6.20. The predicted molar refractivity (Wildman–Crippen MR) is 92.6 cm³/mol. The zero-order valence-corrected chi connectivity index (χ0v) is 14.1. The Balaban J connectivity index is 1.55. The summed E-state index contributed by atoms with van der Waals surface area (Å²) in [6.45, 7) is 2.04. The summed E-state index contributed by atoms with van der Waals surface area (Å²) in [5.41, 5.74) is 4.05. The molecule has 1 atom stereocenters. The summed E-state index contributed by atoms with van der Waals surface area (Å²) in [7, 11) is 0. The second-order valence-corrected chi connectivity index (χ2v) is 6.77. The van der Waals surface area contributed by atoms with Crippen molar-refractivity contribution in [3.05, 3.63) is 70.2 Å². The van der Waals surface area contributed by atoms with Crippen LogP contribution < -0.4 is 5.32 Å². The normalized spacial score (nSPS) is 16.5. The molecule has 1 aliphatic carbocycles. The predicted octanol–water partition coefficient (Wildman–Crippen LogP) is 4.18. The van der Waals surface area contributed by atoms with Crippen molar-refractivity contribution in [3.8, 4) is 0 Å². The molecule has 2 N–H and O–H groups in total. The molecule has 1 amide bonds. The zero-order chi connectivity index (χ0) is 18.4. The van der Waals surface area contributed by atoms with Crippen LogP contribution in [0.25, 0.3) is 10.9 Å². The van der Waals surface area contributed by atoms with Crippen LogP contribution in [0.3, 0.4) is 0 Å². The van der Waals surface area contributed by atoms with Crippen molar-refractivity contribution in [2.24, 2.45) is 0 Å². The highest BCUT2D eigenvalue weighted by atomic mass is 19.2. The Kier molecular flexibility index (Phi) is 3.98. The van der Waals surface area contributed by atoms with E-state index in [1.54, 1.807) is 0 Å². The van der Waals surface area contributed by atoms with Crippen molar-refractivity contribution >= 4 is 16.8 Å². The number of hydrogen-bond donors (Lipinski definition) is 2. The monoisotopic (exact) mass is 358 g/mol. The molecule has 1 aliphatic rings. The molecule has 1 aromatic heterocycles. The molecule has 2 aromatic carbocycles. The van der Waals surface area contributed by atoms with Gasteiger partial charge in [-0.3, -0.25) is 4.79 Å². The lowest BCUT2D eigenvalue weighted by molar-refractivity contribution is 0.0928. The molecule has 0 spiro atoms. The summed E-state index contributed by atoms with van der Waals surface area (Å²) in [4.78, 5) is 15.7. The van der Waals surface area contributed by atoms with E-state index in [0.29, 0.717) is 12.8 Å². The van der Waals surface area contributed by atoms with Gasteiger partial charge in [0.1, 0.15) is 0 Å². The number of nitrogens with one attached hydrogen (secondary N) is 2. The summed E-state index contributed by atoms with van der Waals surface area (Å²) in [6, 6.07) is 7.73. The molecule has 0 bridgehead atoms. The van der Waals surface area contributed by atoms with E-state index in [4.69, 9.17) is 0 Å². The molecule has 3 nitrogen and oxygen atoms in total. The highest BCUT2D eigenvalue weighted by Crippen LogP contribution is 2.30. The number of aromatic amines is 1. The van der Waals surface area contributed by atoms with Crippen molar-refractivity contribution in [3.63, 3.8) is 0 Å². The minimum atomic E-state index is -1.63. The van der Waals surface area contributed by atoms with E-state index in [1.165, 1.54) is 16.5 Å². The summed E-state index contributed by atoms with van der Waals surface area (Å²) >= 11 is 0. The number of benzene rings is 2. The molecule has 0 saturated heterocycles. The van der Waals surface area contributed by atoms with Gasteiger partial charge in [-0.05, 0) is 49.6 Å². The fourth-order valence-corrected chi connectivity index (χ4v) is 3.63. The molecule has 0 radical (unpaired) electrons. The van der Waals surface area contributed by atoms with Gasteiger partial charge in [-0.2, -0.15) is 0 Å². The number of rotatable bonds is 2. The van der Waals surface area contributed by atoms with Crippen molar-refractivity contribution in [2.45, 2.75) is 32.2 Å². The lowest BCUT2D eigenvalue weighted by Crippen LogP contribution is -2.39. The Hall–Kier alpha value is -2.76. The van der Waals surface area contributed by atoms with E-state index >= 15 is 0 Å². The van der Waals surface area contributed by atoms with Crippen LogP contribution in [0.1, 0.15) is 33.6 Å². The van der Waals surface area contributed by atoms with E-state index in [9.17, 15) is 18.0 Å². The molecule has 0 fully saturated rings. The van der Waals surface area contributed by atoms with Gasteiger partial charge in [-0.15, -0.1) is 0 Å². The van der Waals surface area contributed by atoms with E-state index in [-0.39, 0.29) is 6.04 Å². The third-order valence-electron chi connectivity index (χ3n) is 4.96. The Bertz CT molecular complexity index is 1030. The first-order chi connectivity index (χ1) is 12.4. The quantitative estimate of drug-likeness (QED) is 0.663. The molecule has 3 aromatic rings. The van der Waals surface area contributed by atoms with Crippen LogP contribution in [-0.4, -0.2) is 16.9 Å². The third-order valence-corrected chi connectivity index (χ3v) is 4.96. The summed E-state index contributed by atoms with van der Waals surface area (Å²) in [5.74, 6) is -5.13. The summed E-state index contributed by atoms with van der Waals surface area (Å²) in [6.07, 6.45) is 2.06. The van der Waals surface area contributed by atoms with E-state index in [1.807, 2.05) is 19.1 Å². The first-order valence-corrected chi connectivity index (χ1v) is 8.48. The number of carbonyl (C=O) groups is 1. The van der Waals surface area contributed by atoms with Crippen molar-refractivity contribution in [1.82, 2.24) is 10.3 Å². The third kappa shape index (κ3) is 2.75. The first kappa shape index (κ1) is 16.7. The number of hydrogen-bond acceptors (Lipinski definition) is 1. The number of carbonyl (C=O) groups excluding carboxylic acids is 1. The van der Waals surface area contributed by atoms with E-state index in [0.717, 1.165) is 29.8 Å². The summed E-state index contributed by atoms with van der Waals surface area (Å²) < 4.78 is 40.2.